The van der Waals surface area contributed by atoms with E-state index < -0.39 is 0 Å². The van der Waals surface area contributed by atoms with E-state index >= 15 is 0 Å². The Morgan fingerprint density at radius 2 is 1.90 bits per heavy atom. The molecule has 0 amide bonds. The zero-order valence-electron chi connectivity index (χ0n) is 17.1. The predicted molar refractivity (Wildman–Crippen MR) is 117 cm³/mol. The fourth-order valence-electron chi connectivity index (χ4n) is 4.25. The van der Waals surface area contributed by atoms with Gasteiger partial charge in [-0.25, -0.2) is 4.98 Å². The Hall–Kier alpha value is -3.06. The van der Waals surface area contributed by atoms with Gasteiger partial charge in [0.2, 0.25) is 0 Å². The van der Waals surface area contributed by atoms with Crippen molar-refractivity contribution >= 4 is 27.6 Å². The molecule has 2 aromatic heterocycles. The van der Waals surface area contributed by atoms with Crippen LogP contribution in [0.4, 0.5) is 5.69 Å². The van der Waals surface area contributed by atoms with Crippen LogP contribution >= 0.6 is 0 Å². The lowest BCUT2D eigenvalue weighted by molar-refractivity contribution is 0.249. The third-order valence-electron chi connectivity index (χ3n) is 6.02. The summed E-state index contributed by atoms with van der Waals surface area (Å²) in [6.07, 6.45) is 2.39. The topological polar surface area (TPSA) is 73.1 Å². The maximum Gasteiger partial charge on any atom is 0.159 e. The highest BCUT2D eigenvalue weighted by Gasteiger charge is 2.21. The minimum absolute atomic E-state index is 0.679. The highest BCUT2D eigenvalue weighted by Crippen LogP contribution is 2.30. The van der Waals surface area contributed by atoms with E-state index in [1.807, 2.05) is 18.2 Å². The summed E-state index contributed by atoms with van der Waals surface area (Å²) in [5.74, 6) is 1.58. The van der Waals surface area contributed by atoms with Gasteiger partial charge in [-0.3, -0.25) is 5.10 Å². The average molecular weight is 390 g/mol. The number of piperidine rings is 1. The lowest BCUT2D eigenvalue weighted by Gasteiger charge is -2.36. The smallest absolute Gasteiger partial charge is 0.159 e. The number of hydrogen-bond donors (Lipinski definition) is 2. The van der Waals surface area contributed by atoms with Crippen molar-refractivity contribution in [2.45, 2.75) is 18.9 Å². The molecule has 0 radical (unpaired) electrons. The minimum Gasteiger partial charge on any atom is -0.497 e. The molecule has 3 heterocycles. The summed E-state index contributed by atoms with van der Waals surface area (Å²) in [6.45, 7) is 2.16. The van der Waals surface area contributed by atoms with Crippen LogP contribution in [-0.4, -0.2) is 65.4 Å². The molecule has 0 aliphatic carbocycles. The van der Waals surface area contributed by atoms with Crippen LogP contribution in [0.15, 0.2) is 36.4 Å². The van der Waals surface area contributed by atoms with Crippen LogP contribution in [0.25, 0.3) is 33.5 Å². The molecule has 1 saturated heterocycles. The summed E-state index contributed by atoms with van der Waals surface area (Å²) in [4.78, 5) is 13.1. The number of anilines is 1. The second-order valence-electron chi connectivity index (χ2n) is 7.95. The van der Waals surface area contributed by atoms with Gasteiger partial charge in [0.1, 0.15) is 11.4 Å². The predicted octanol–water partition coefficient (Wildman–Crippen LogP) is 3.65. The molecule has 7 heteroatoms. The molecule has 1 aliphatic heterocycles. The Bertz CT molecular complexity index is 1150. The molecule has 1 fully saturated rings. The molecule has 29 heavy (non-hydrogen) atoms. The zero-order valence-corrected chi connectivity index (χ0v) is 17.1. The molecule has 2 N–H and O–H groups in total. The number of imidazole rings is 1. The van der Waals surface area contributed by atoms with Crippen molar-refractivity contribution < 1.29 is 4.74 Å². The molecule has 1 aliphatic rings. The number of hydrogen-bond acceptors (Lipinski definition) is 5. The summed E-state index contributed by atoms with van der Waals surface area (Å²) < 4.78 is 5.30. The van der Waals surface area contributed by atoms with E-state index in [0.29, 0.717) is 6.04 Å². The summed E-state index contributed by atoms with van der Waals surface area (Å²) in [5, 5.41) is 8.59. The minimum atomic E-state index is 0.679. The molecule has 0 atom stereocenters. The van der Waals surface area contributed by atoms with Crippen molar-refractivity contribution in [2.24, 2.45) is 0 Å². The van der Waals surface area contributed by atoms with Crippen molar-refractivity contribution in [3.63, 3.8) is 0 Å². The molecule has 0 unspecified atom stereocenters. The summed E-state index contributed by atoms with van der Waals surface area (Å²) in [6, 6.07) is 13.1. The Morgan fingerprint density at radius 1 is 1.07 bits per heavy atom. The van der Waals surface area contributed by atoms with Crippen LogP contribution in [0.2, 0.25) is 0 Å². The Kier molecular flexibility index (Phi) is 4.39. The molecule has 150 valence electrons. The van der Waals surface area contributed by atoms with Gasteiger partial charge >= 0.3 is 0 Å². The van der Waals surface area contributed by atoms with Gasteiger partial charge in [-0.05, 0) is 57.3 Å². The van der Waals surface area contributed by atoms with E-state index in [2.05, 4.69) is 57.3 Å². The summed E-state index contributed by atoms with van der Waals surface area (Å²) in [5.41, 5.74) is 4.99. The first-order chi connectivity index (χ1) is 14.1. The number of H-pyrrole nitrogens is 2. The average Bonchev–Trinajstić information content (AvgIpc) is 3.36. The monoisotopic (exact) mass is 390 g/mol. The van der Waals surface area contributed by atoms with Gasteiger partial charge in [-0.1, -0.05) is 0 Å². The maximum absolute atomic E-state index is 5.30. The molecule has 0 bridgehead atoms. The molecular formula is C22H26N6O. The van der Waals surface area contributed by atoms with Crippen molar-refractivity contribution in [3.05, 3.63) is 36.4 Å². The molecule has 2 aromatic carbocycles. The summed E-state index contributed by atoms with van der Waals surface area (Å²) >= 11 is 0. The number of methoxy groups -OCH3 is 1. The van der Waals surface area contributed by atoms with E-state index in [1.165, 1.54) is 18.5 Å². The van der Waals surface area contributed by atoms with Crippen molar-refractivity contribution in [1.82, 2.24) is 25.1 Å². The fourth-order valence-corrected chi connectivity index (χ4v) is 4.25. The molecule has 4 aromatic rings. The maximum atomic E-state index is 5.30. The van der Waals surface area contributed by atoms with E-state index in [0.717, 1.165) is 52.3 Å². The van der Waals surface area contributed by atoms with E-state index in [-0.39, 0.29) is 0 Å². The first-order valence-electron chi connectivity index (χ1n) is 10.1. The first kappa shape index (κ1) is 18.0. The Labute approximate surface area is 169 Å². The summed E-state index contributed by atoms with van der Waals surface area (Å²) in [7, 11) is 6.01. The number of rotatable bonds is 4. The van der Waals surface area contributed by atoms with Crippen molar-refractivity contribution in [2.75, 3.05) is 39.2 Å². The van der Waals surface area contributed by atoms with Crippen LogP contribution in [0.5, 0.6) is 5.75 Å². The standard InChI is InChI=1S/C22H26N6O/c1-27(2)14-8-10-28(11-9-14)15-4-7-18-20(12-15)24-22(23-18)21-17-6-5-16(29-3)13-19(17)25-26-21/h4-7,12-14H,8-11H2,1-3H3,(H,23,24)(H,25,26). The van der Waals surface area contributed by atoms with Crippen LogP contribution in [0.3, 0.4) is 0 Å². The second-order valence-corrected chi connectivity index (χ2v) is 7.95. The number of aromatic amines is 2. The van der Waals surface area contributed by atoms with Crippen molar-refractivity contribution in [1.29, 1.82) is 0 Å². The number of aromatic nitrogens is 4. The Morgan fingerprint density at radius 3 is 2.66 bits per heavy atom. The third-order valence-corrected chi connectivity index (χ3v) is 6.02. The van der Waals surface area contributed by atoms with Crippen LogP contribution in [0.1, 0.15) is 12.8 Å². The molecular weight excluding hydrogens is 364 g/mol. The van der Waals surface area contributed by atoms with Gasteiger partial charge in [0, 0.05) is 36.3 Å². The van der Waals surface area contributed by atoms with Crippen LogP contribution < -0.4 is 9.64 Å². The quantitative estimate of drug-likeness (QED) is 0.557. The van der Waals surface area contributed by atoms with E-state index in [4.69, 9.17) is 9.72 Å². The van der Waals surface area contributed by atoms with Crippen LogP contribution in [-0.2, 0) is 0 Å². The largest absolute Gasteiger partial charge is 0.497 e. The Balaban J connectivity index is 1.44. The molecule has 5 rings (SSSR count). The van der Waals surface area contributed by atoms with Crippen LogP contribution in [0, 0.1) is 0 Å². The van der Waals surface area contributed by atoms with Crippen molar-refractivity contribution in [3.8, 4) is 17.3 Å². The highest BCUT2D eigenvalue weighted by atomic mass is 16.5. The van der Waals surface area contributed by atoms with E-state index in [1.54, 1.807) is 7.11 Å². The van der Waals surface area contributed by atoms with Gasteiger partial charge in [0.05, 0.1) is 23.7 Å². The second kappa shape index (κ2) is 7.08. The fraction of sp³-hybridized carbons (Fsp3) is 0.364. The van der Waals surface area contributed by atoms with Gasteiger partial charge in [0.25, 0.3) is 0 Å². The lowest BCUT2D eigenvalue weighted by Crippen LogP contribution is -2.41. The number of nitrogens with one attached hydrogen (secondary N) is 2. The van der Waals surface area contributed by atoms with Gasteiger partial charge in [0.15, 0.2) is 5.82 Å². The first-order valence-corrected chi connectivity index (χ1v) is 10.1. The van der Waals surface area contributed by atoms with Gasteiger partial charge in [-0.2, -0.15) is 5.10 Å². The van der Waals surface area contributed by atoms with Gasteiger partial charge < -0.3 is 19.5 Å². The zero-order chi connectivity index (χ0) is 20.0. The number of ether oxygens (including phenoxy) is 1. The molecule has 7 nitrogen and oxygen atoms in total. The number of fused-ring (bicyclic) bond motifs is 2. The third kappa shape index (κ3) is 3.21. The normalized spacial score (nSPS) is 15.7. The number of nitrogens with zero attached hydrogens (tertiary/aromatic N) is 4. The SMILES string of the molecule is COc1ccc2c(-c3nc4cc(N5CCC(N(C)C)CC5)ccc4[nH]3)n[nH]c2c1. The number of benzene rings is 2. The van der Waals surface area contributed by atoms with E-state index in [9.17, 15) is 0 Å². The lowest BCUT2D eigenvalue weighted by atomic mass is 10.0. The molecule has 0 spiro atoms. The highest BCUT2D eigenvalue weighted by molar-refractivity contribution is 5.94. The van der Waals surface area contributed by atoms with Gasteiger partial charge in [-0.15, -0.1) is 0 Å². The molecule has 0 saturated carbocycles.